The monoisotopic (exact) mass is 229 g/mol. The van der Waals surface area contributed by atoms with Gasteiger partial charge in [0, 0.05) is 5.38 Å². The lowest BCUT2D eigenvalue weighted by atomic mass is 10.3. The molecule has 0 aliphatic rings. The van der Waals surface area contributed by atoms with Crippen LogP contribution in [0.3, 0.4) is 0 Å². The van der Waals surface area contributed by atoms with Crippen molar-refractivity contribution in [3.05, 3.63) is 23.0 Å². The summed E-state index contributed by atoms with van der Waals surface area (Å²) in [7, 11) is 0. The fourth-order valence-corrected chi connectivity index (χ4v) is 1.71. The maximum absolute atomic E-state index is 5.96. The largest absolute Gasteiger partial charge is 0.242 e. The molecule has 2 heterocycles. The summed E-state index contributed by atoms with van der Waals surface area (Å²) >= 11 is 7.28. The molecule has 1 atom stereocenters. The lowest BCUT2D eigenvalue weighted by molar-refractivity contribution is 0.608. The molecule has 1 unspecified atom stereocenters. The van der Waals surface area contributed by atoms with Crippen LogP contribution >= 0.6 is 23.1 Å². The zero-order chi connectivity index (χ0) is 9.97. The Morgan fingerprint density at radius 1 is 1.64 bits per heavy atom. The molecule has 0 N–H and O–H groups in total. The Bertz CT molecular complexity index is 396. The first-order valence-electron chi connectivity index (χ1n) is 4.06. The predicted octanol–water partition coefficient (Wildman–Crippen LogP) is 1.48. The highest BCUT2D eigenvalue weighted by atomic mass is 35.5. The molecule has 0 aliphatic heterocycles. The van der Waals surface area contributed by atoms with Gasteiger partial charge in [-0.3, -0.25) is 0 Å². The van der Waals surface area contributed by atoms with E-state index in [9.17, 15) is 0 Å². The van der Waals surface area contributed by atoms with Gasteiger partial charge in [-0.05, 0) is 18.5 Å². The van der Waals surface area contributed by atoms with Gasteiger partial charge in [0.05, 0.1) is 29.5 Å². The molecule has 0 fully saturated rings. The van der Waals surface area contributed by atoms with Crippen molar-refractivity contribution >= 4 is 23.1 Å². The van der Waals surface area contributed by atoms with Gasteiger partial charge in [-0.15, -0.1) is 21.8 Å². The summed E-state index contributed by atoms with van der Waals surface area (Å²) < 4.78 is 5.50. The first-order valence-corrected chi connectivity index (χ1v) is 5.33. The third-order valence-corrected chi connectivity index (χ3v) is 2.55. The highest BCUT2D eigenvalue weighted by Crippen LogP contribution is 2.18. The van der Waals surface area contributed by atoms with Crippen molar-refractivity contribution in [1.82, 2.24) is 24.6 Å². The van der Waals surface area contributed by atoms with Crippen LogP contribution in [-0.2, 0) is 6.54 Å². The normalized spacial score (nSPS) is 13.0. The Kier molecular flexibility index (Phi) is 2.74. The maximum atomic E-state index is 5.96. The van der Waals surface area contributed by atoms with Crippen molar-refractivity contribution in [2.24, 2.45) is 0 Å². The van der Waals surface area contributed by atoms with Gasteiger partial charge >= 0.3 is 0 Å². The molecule has 2 aromatic heterocycles. The molecule has 2 aromatic rings. The van der Waals surface area contributed by atoms with Crippen molar-refractivity contribution in [1.29, 1.82) is 0 Å². The Morgan fingerprint density at radius 3 is 3.14 bits per heavy atom. The predicted molar refractivity (Wildman–Crippen MR) is 53.3 cm³/mol. The van der Waals surface area contributed by atoms with E-state index in [1.165, 1.54) is 11.5 Å². The van der Waals surface area contributed by atoms with Crippen LogP contribution in [-0.4, -0.2) is 24.6 Å². The molecular weight excluding hydrogens is 222 g/mol. The second kappa shape index (κ2) is 4.02. The van der Waals surface area contributed by atoms with Gasteiger partial charge in [-0.25, -0.2) is 4.68 Å². The maximum Gasteiger partial charge on any atom is 0.0971 e. The van der Waals surface area contributed by atoms with Gasteiger partial charge in [-0.2, -0.15) is 0 Å². The highest BCUT2D eigenvalue weighted by Gasteiger charge is 2.10. The van der Waals surface area contributed by atoms with E-state index in [0.29, 0.717) is 6.54 Å². The van der Waals surface area contributed by atoms with E-state index in [-0.39, 0.29) is 5.38 Å². The van der Waals surface area contributed by atoms with Crippen molar-refractivity contribution in [3.63, 3.8) is 0 Å². The minimum absolute atomic E-state index is 0.100. The second-order valence-electron chi connectivity index (χ2n) is 2.83. The topological polar surface area (TPSA) is 56.5 Å². The number of nitrogens with zero attached hydrogens (tertiary/aromatic N) is 5. The molecule has 0 saturated carbocycles. The van der Waals surface area contributed by atoms with Gasteiger partial charge in [0.1, 0.15) is 0 Å². The number of rotatable bonds is 3. The molecule has 0 bridgehead atoms. The number of alkyl halides is 1. The first kappa shape index (κ1) is 9.54. The van der Waals surface area contributed by atoms with Gasteiger partial charge in [-0.1, -0.05) is 9.70 Å². The minimum atomic E-state index is -0.100. The quantitative estimate of drug-likeness (QED) is 0.748. The molecule has 0 amide bonds. The average Bonchev–Trinajstić information content (AvgIpc) is 2.75. The summed E-state index contributed by atoms with van der Waals surface area (Å²) in [4.78, 5) is 0. The van der Waals surface area contributed by atoms with Crippen LogP contribution in [0, 0.1) is 0 Å². The fraction of sp³-hybridized carbons (Fsp3) is 0.429. The number of aromatic nitrogens is 5. The Labute approximate surface area is 89.9 Å². The summed E-state index contributed by atoms with van der Waals surface area (Å²) in [5.74, 6) is 0. The smallest absolute Gasteiger partial charge is 0.0971 e. The first-order chi connectivity index (χ1) is 6.77. The lowest BCUT2D eigenvalue weighted by Gasteiger charge is -2.04. The molecule has 74 valence electrons. The van der Waals surface area contributed by atoms with Gasteiger partial charge in [0.25, 0.3) is 0 Å². The van der Waals surface area contributed by atoms with Crippen LogP contribution in [0.5, 0.6) is 0 Å². The standard InChI is InChI=1S/C7H8ClN5S/c1-5(8)7-2-9-11-13(7)3-6-4-14-12-10-6/h2,4-5H,3H2,1H3. The molecule has 0 spiro atoms. The van der Waals surface area contributed by atoms with Crippen LogP contribution in [0.1, 0.15) is 23.7 Å². The third-order valence-electron chi connectivity index (χ3n) is 1.77. The molecule has 0 aliphatic carbocycles. The van der Waals surface area contributed by atoms with Crippen LogP contribution in [0.15, 0.2) is 11.6 Å². The van der Waals surface area contributed by atoms with Crippen molar-refractivity contribution in [2.75, 3.05) is 0 Å². The lowest BCUT2D eigenvalue weighted by Crippen LogP contribution is -2.07. The van der Waals surface area contributed by atoms with Crippen LogP contribution < -0.4 is 0 Å². The molecule has 0 saturated heterocycles. The summed E-state index contributed by atoms with van der Waals surface area (Å²) in [5, 5.41) is 13.4. The van der Waals surface area contributed by atoms with E-state index in [2.05, 4.69) is 19.9 Å². The van der Waals surface area contributed by atoms with Crippen LogP contribution in [0.2, 0.25) is 0 Å². The molecule has 2 rings (SSSR count). The average molecular weight is 230 g/mol. The SMILES string of the molecule is CC(Cl)c1cnnn1Cc1csnn1. The molecule has 14 heavy (non-hydrogen) atoms. The summed E-state index contributed by atoms with van der Waals surface area (Å²) in [5.41, 5.74) is 1.76. The molecule has 5 nitrogen and oxygen atoms in total. The van der Waals surface area contributed by atoms with E-state index in [0.717, 1.165) is 11.4 Å². The molecular formula is C7H8ClN5S. The summed E-state index contributed by atoms with van der Waals surface area (Å²) in [6.45, 7) is 2.46. The van der Waals surface area contributed by atoms with Gasteiger partial charge < -0.3 is 0 Å². The Hall–Kier alpha value is -1.01. The van der Waals surface area contributed by atoms with E-state index in [4.69, 9.17) is 11.6 Å². The summed E-state index contributed by atoms with van der Waals surface area (Å²) in [6.07, 6.45) is 1.66. The molecule has 0 aromatic carbocycles. The zero-order valence-corrected chi connectivity index (χ0v) is 9.03. The number of hydrogen-bond acceptors (Lipinski definition) is 5. The van der Waals surface area contributed by atoms with Crippen LogP contribution in [0.4, 0.5) is 0 Å². The Balaban J connectivity index is 2.21. The van der Waals surface area contributed by atoms with E-state index < -0.39 is 0 Å². The number of hydrogen-bond donors (Lipinski definition) is 0. The molecule has 0 radical (unpaired) electrons. The Morgan fingerprint density at radius 2 is 2.50 bits per heavy atom. The second-order valence-corrected chi connectivity index (χ2v) is 4.09. The van der Waals surface area contributed by atoms with Crippen molar-refractivity contribution in [3.8, 4) is 0 Å². The van der Waals surface area contributed by atoms with E-state index >= 15 is 0 Å². The van der Waals surface area contributed by atoms with Crippen molar-refractivity contribution in [2.45, 2.75) is 18.8 Å². The van der Waals surface area contributed by atoms with Gasteiger partial charge in [0.2, 0.25) is 0 Å². The summed E-state index contributed by atoms with van der Waals surface area (Å²) in [6, 6.07) is 0. The highest BCUT2D eigenvalue weighted by molar-refractivity contribution is 7.03. The van der Waals surface area contributed by atoms with Crippen molar-refractivity contribution < 1.29 is 0 Å². The van der Waals surface area contributed by atoms with E-state index in [1.54, 1.807) is 10.9 Å². The fourth-order valence-electron chi connectivity index (χ4n) is 1.10. The zero-order valence-electron chi connectivity index (χ0n) is 7.46. The number of halogens is 1. The molecule has 7 heteroatoms. The van der Waals surface area contributed by atoms with Gasteiger partial charge in [0.15, 0.2) is 0 Å². The van der Waals surface area contributed by atoms with E-state index in [1.807, 2.05) is 12.3 Å². The minimum Gasteiger partial charge on any atom is -0.242 e. The van der Waals surface area contributed by atoms with Crippen LogP contribution in [0.25, 0.3) is 0 Å². The third kappa shape index (κ3) is 1.91.